The fraction of sp³-hybridized carbons (Fsp3) is 0. The van der Waals surface area contributed by atoms with Crippen molar-refractivity contribution in [2.45, 2.75) is 0 Å². The molecule has 0 saturated heterocycles. The molecule has 2 aromatic rings. The third-order valence-corrected chi connectivity index (χ3v) is 2.07. The number of benzene rings is 2. The molecule has 2 aromatic carbocycles. The van der Waals surface area contributed by atoms with E-state index in [1.54, 1.807) is 0 Å². The van der Waals surface area contributed by atoms with Gasteiger partial charge in [0, 0.05) is 32.7 Å². The van der Waals surface area contributed by atoms with E-state index in [4.69, 9.17) is 0 Å². The van der Waals surface area contributed by atoms with Crippen molar-refractivity contribution in [1.82, 2.24) is 0 Å². The predicted molar refractivity (Wildman–Crippen MR) is 58.7 cm³/mol. The minimum Gasteiger partial charge on any atom is -0.147 e. The van der Waals surface area contributed by atoms with Crippen LogP contribution in [0, 0.1) is 12.1 Å². The van der Waals surface area contributed by atoms with Gasteiger partial charge in [0.15, 0.2) is 0 Å². The van der Waals surface area contributed by atoms with Gasteiger partial charge in [-0.15, -0.1) is 83.9 Å². The van der Waals surface area contributed by atoms with Gasteiger partial charge in [-0.05, 0) is 0 Å². The zero-order valence-corrected chi connectivity index (χ0v) is 11.2. The summed E-state index contributed by atoms with van der Waals surface area (Å²) < 4.78 is 0. The van der Waals surface area contributed by atoms with E-state index >= 15 is 0 Å². The Balaban J connectivity index is 0.00000112. The normalized spacial score (nSPS) is 9.07. The van der Waals surface area contributed by atoms with E-state index in [1.807, 2.05) is 48.5 Å². The predicted octanol–water partition coefficient (Wildman–Crippen LogP) is 3.35. The van der Waals surface area contributed by atoms with Crippen LogP contribution in [0.1, 0.15) is 11.1 Å². The van der Waals surface area contributed by atoms with Crippen molar-refractivity contribution in [3.8, 4) is 0 Å². The van der Waals surface area contributed by atoms with Crippen LogP contribution in [0.25, 0.3) is 5.57 Å². The van der Waals surface area contributed by atoms with Crippen LogP contribution >= 0.6 is 0 Å². The zero-order chi connectivity index (χ0) is 9.80. The number of hydrogen-bond acceptors (Lipinski definition) is 0. The van der Waals surface area contributed by atoms with Crippen LogP contribution in [-0.2, 0) is 32.7 Å². The standard InChI is InChI=1S/C14H10.Y/c1-12(13-8-4-2-5-9-13)14-10-6-3-7-11-14;/h2-8,10H,1H2;/q-2;. The number of rotatable bonds is 2. The number of hydrogen-bond donors (Lipinski definition) is 0. The summed E-state index contributed by atoms with van der Waals surface area (Å²) in [4.78, 5) is 0. The van der Waals surface area contributed by atoms with Gasteiger partial charge >= 0.3 is 0 Å². The molecular weight excluding hydrogens is 257 g/mol. The summed E-state index contributed by atoms with van der Waals surface area (Å²) in [7, 11) is 0. The van der Waals surface area contributed by atoms with Gasteiger partial charge < -0.3 is 0 Å². The molecule has 0 saturated carbocycles. The Hall–Kier alpha value is -0.716. The smallest absolute Gasteiger partial charge is 0 e. The fourth-order valence-electron chi connectivity index (χ4n) is 1.31. The van der Waals surface area contributed by atoms with E-state index in [2.05, 4.69) is 18.7 Å². The summed E-state index contributed by atoms with van der Waals surface area (Å²) in [5, 5.41) is 0. The van der Waals surface area contributed by atoms with E-state index < -0.39 is 0 Å². The second kappa shape index (κ2) is 6.00. The van der Waals surface area contributed by atoms with Gasteiger partial charge in [0.25, 0.3) is 0 Å². The van der Waals surface area contributed by atoms with Crippen LogP contribution in [0.5, 0.6) is 0 Å². The van der Waals surface area contributed by atoms with Gasteiger partial charge in [0.1, 0.15) is 0 Å². The Labute approximate surface area is 116 Å². The van der Waals surface area contributed by atoms with Crippen LogP contribution < -0.4 is 0 Å². The molecule has 1 radical (unpaired) electrons. The van der Waals surface area contributed by atoms with E-state index in [0.29, 0.717) is 0 Å². The molecule has 0 spiro atoms. The van der Waals surface area contributed by atoms with E-state index in [9.17, 15) is 0 Å². The first-order chi connectivity index (χ1) is 6.88. The summed E-state index contributed by atoms with van der Waals surface area (Å²) in [6.45, 7) is 4.03. The molecule has 0 fully saturated rings. The third kappa shape index (κ3) is 3.12. The monoisotopic (exact) mass is 267 g/mol. The molecule has 15 heavy (non-hydrogen) atoms. The van der Waals surface area contributed by atoms with Gasteiger partial charge in [0.2, 0.25) is 0 Å². The van der Waals surface area contributed by atoms with Gasteiger partial charge in [-0.1, -0.05) is 0 Å². The average Bonchev–Trinajstić information content (AvgIpc) is 2.30. The van der Waals surface area contributed by atoms with Crippen LogP contribution in [0.2, 0.25) is 0 Å². The SMILES string of the molecule is C=C(c1[c-]cccc1)c1[c-]cccc1.[Y]. The first kappa shape index (κ1) is 12.4. The summed E-state index contributed by atoms with van der Waals surface area (Å²) in [5.74, 6) is 0. The fourth-order valence-corrected chi connectivity index (χ4v) is 1.31. The Morgan fingerprint density at radius 1 is 0.867 bits per heavy atom. The van der Waals surface area contributed by atoms with Crippen molar-refractivity contribution in [1.29, 1.82) is 0 Å². The summed E-state index contributed by atoms with van der Waals surface area (Å²) in [6.07, 6.45) is 0. The maximum absolute atomic E-state index is 4.03. The summed E-state index contributed by atoms with van der Waals surface area (Å²) >= 11 is 0. The molecule has 0 heterocycles. The molecule has 0 atom stereocenters. The zero-order valence-electron chi connectivity index (χ0n) is 8.40. The largest absolute Gasteiger partial charge is 0.147 e. The molecule has 0 aliphatic carbocycles. The van der Waals surface area contributed by atoms with Crippen LogP contribution in [0.4, 0.5) is 0 Å². The quantitative estimate of drug-likeness (QED) is 0.732. The molecule has 0 aliphatic heterocycles. The second-order valence-electron chi connectivity index (χ2n) is 3.03. The van der Waals surface area contributed by atoms with Gasteiger partial charge in [-0.3, -0.25) is 0 Å². The molecule has 0 aliphatic rings. The molecule has 0 N–H and O–H groups in total. The van der Waals surface area contributed by atoms with Crippen molar-refractivity contribution in [2.24, 2.45) is 0 Å². The molecule has 0 unspecified atom stereocenters. The Bertz CT molecular complexity index is 376. The first-order valence-electron chi connectivity index (χ1n) is 4.51. The molecule has 1 heteroatoms. The minimum atomic E-state index is 0. The molecule has 0 amide bonds. The van der Waals surface area contributed by atoms with Crippen molar-refractivity contribution < 1.29 is 32.7 Å². The molecule has 0 aromatic heterocycles. The average molecular weight is 267 g/mol. The molecule has 0 nitrogen and oxygen atoms in total. The third-order valence-electron chi connectivity index (χ3n) is 2.07. The van der Waals surface area contributed by atoms with Crippen LogP contribution in [0.3, 0.4) is 0 Å². The van der Waals surface area contributed by atoms with Gasteiger partial charge in [0.05, 0.1) is 0 Å². The van der Waals surface area contributed by atoms with E-state index in [0.717, 1.165) is 16.7 Å². The Morgan fingerprint density at radius 3 is 1.67 bits per heavy atom. The molecule has 2 rings (SSSR count). The Morgan fingerprint density at radius 2 is 1.33 bits per heavy atom. The topological polar surface area (TPSA) is 0 Å². The van der Waals surface area contributed by atoms with Crippen molar-refractivity contribution in [3.63, 3.8) is 0 Å². The van der Waals surface area contributed by atoms with Crippen LogP contribution in [-0.4, -0.2) is 0 Å². The minimum absolute atomic E-state index is 0. The maximum atomic E-state index is 4.03. The van der Waals surface area contributed by atoms with Crippen molar-refractivity contribution in [3.05, 3.63) is 78.4 Å². The Kier molecular flexibility index (Phi) is 4.94. The van der Waals surface area contributed by atoms with Crippen LogP contribution in [0.15, 0.2) is 55.1 Å². The summed E-state index contributed by atoms with van der Waals surface area (Å²) in [5.41, 5.74) is 3.01. The molecule has 71 valence electrons. The maximum Gasteiger partial charge on any atom is 0 e. The van der Waals surface area contributed by atoms with E-state index in [1.165, 1.54) is 0 Å². The van der Waals surface area contributed by atoms with Gasteiger partial charge in [-0.25, -0.2) is 0 Å². The van der Waals surface area contributed by atoms with Gasteiger partial charge in [-0.2, -0.15) is 0 Å². The molecule has 0 bridgehead atoms. The first-order valence-corrected chi connectivity index (χ1v) is 4.51. The van der Waals surface area contributed by atoms with Crippen molar-refractivity contribution in [2.75, 3.05) is 0 Å². The van der Waals surface area contributed by atoms with E-state index in [-0.39, 0.29) is 32.7 Å². The summed E-state index contributed by atoms with van der Waals surface area (Å²) in [6, 6.07) is 22.0. The second-order valence-corrected chi connectivity index (χ2v) is 3.03. The van der Waals surface area contributed by atoms with Crippen molar-refractivity contribution >= 4 is 5.57 Å². The molecular formula is C14H10Y-2.